The molecule has 0 aromatic carbocycles. The average Bonchev–Trinajstić information content (AvgIpc) is 2.40. The molecule has 1 aliphatic heterocycles. The van der Waals surface area contributed by atoms with E-state index in [1.165, 1.54) is 5.69 Å². The van der Waals surface area contributed by atoms with Gasteiger partial charge in [0.15, 0.2) is 0 Å². The van der Waals surface area contributed by atoms with Gasteiger partial charge >= 0.3 is 0 Å². The van der Waals surface area contributed by atoms with Gasteiger partial charge in [0, 0.05) is 26.7 Å². The molecular formula is C14H23N3O. The molecule has 0 spiro atoms. The van der Waals surface area contributed by atoms with Crippen LogP contribution in [0.4, 0.5) is 11.4 Å². The molecule has 1 fully saturated rings. The molecule has 100 valence electrons. The van der Waals surface area contributed by atoms with Gasteiger partial charge in [-0.05, 0) is 32.8 Å². The summed E-state index contributed by atoms with van der Waals surface area (Å²) in [5.74, 6) is 0. The Kier molecular flexibility index (Phi) is 4.07. The van der Waals surface area contributed by atoms with Crippen LogP contribution in [-0.2, 0) is 4.74 Å². The van der Waals surface area contributed by atoms with Gasteiger partial charge in [0.2, 0.25) is 0 Å². The van der Waals surface area contributed by atoms with Gasteiger partial charge in [-0.3, -0.25) is 4.98 Å². The maximum atomic E-state index is 5.63. The Labute approximate surface area is 109 Å². The molecule has 0 radical (unpaired) electrons. The fourth-order valence-corrected chi connectivity index (χ4v) is 2.49. The average molecular weight is 249 g/mol. The second kappa shape index (κ2) is 5.57. The van der Waals surface area contributed by atoms with Gasteiger partial charge < -0.3 is 15.0 Å². The highest BCUT2D eigenvalue weighted by Crippen LogP contribution is 2.28. The first-order chi connectivity index (χ1) is 8.67. The monoisotopic (exact) mass is 249 g/mol. The number of hydrogen-bond donors (Lipinski definition) is 1. The van der Waals surface area contributed by atoms with Crippen molar-refractivity contribution in [2.45, 2.75) is 32.3 Å². The summed E-state index contributed by atoms with van der Waals surface area (Å²) in [7, 11) is 1.80. The normalized spacial score (nSPS) is 24.1. The topological polar surface area (TPSA) is 37.4 Å². The zero-order chi connectivity index (χ0) is 13.0. The number of nitrogens with zero attached hydrogens (tertiary/aromatic N) is 2. The van der Waals surface area contributed by atoms with Crippen molar-refractivity contribution in [1.29, 1.82) is 0 Å². The Bertz CT molecular complexity index is 396. The van der Waals surface area contributed by atoms with E-state index < -0.39 is 0 Å². The first-order valence-corrected chi connectivity index (χ1v) is 6.66. The summed E-state index contributed by atoms with van der Waals surface area (Å²) in [6, 6.07) is 2.16. The molecule has 18 heavy (non-hydrogen) atoms. The summed E-state index contributed by atoms with van der Waals surface area (Å²) < 4.78 is 5.63. The van der Waals surface area contributed by atoms with Crippen molar-refractivity contribution < 1.29 is 4.74 Å². The van der Waals surface area contributed by atoms with E-state index in [0.29, 0.717) is 0 Å². The Balaban J connectivity index is 2.13. The van der Waals surface area contributed by atoms with E-state index in [2.05, 4.69) is 35.1 Å². The van der Waals surface area contributed by atoms with E-state index in [1.54, 1.807) is 7.11 Å². The lowest BCUT2D eigenvalue weighted by atomic mass is 9.94. The molecule has 0 amide bonds. The number of piperidine rings is 1. The van der Waals surface area contributed by atoms with Gasteiger partial charge in [0.05, 0.1) is 29.4 Å². The molecule has 1 N–H and O–H groups in total. The Morgan fingerprint density at radius 2 is 2.33 bits per heavy atom. The van der Waals surface area contributed by atoms with Crippen LogP contribution in [0.15, 0.2) is 18.5 Å². The maximum absolute atomic E-state index is 5.63. The van der Waals surface area contributed by atoms with Gasteiger partial charge in [-0.25, -0.2) is 0 Å². The molecule has 2 heterocycles. The molecular weight excluding hydrogens is 226 g/mol. The number of hydrogen-bond acceptors (Lipinski definition) is 4. The minimum absolute atomic E-state index is 0.0353. The molecule has 0 bridgehead atoms. The molecule has 2 rings (SSSR count). The molecule has 4 nitrogen and oxygen atoms in total. The third-order valence-corrected chi connectivity index (χ3v) is 3.62. The first-order valence-electron chi connectivity index (χ1n) is 6.66. The number of nitrogens with one attached hydrogen (secondary N) is 1. The first kappa shape index (κ1) is 13.1. The highest BCUT2D eigenvalue weighted by molar-refractivity contribution is 5.56. The van der Waals surface area contributed by atoms with Crippen molar-refractivity contribution in [2.24, 2.45) is 0 Å². The summed E-state index contributed by atoms with van der Waals surface area (Å²) in [6.45, 7) is 7.20. The fraction of sp³-hybridized carbons (Fsp3) is 0.643. The number of rotatable bonds is 4. The predicted molar refractivity (Wildman–Crippen MR) is 75.3 cm³/mol. The summed E-state index contributed by atoms with van der Waals surface area (Å²) in [4.78, 5) is 6.67. The zero-order valence-electron chi connectivity index (χ0n) is 11.6. The van der Waals surface area contributed by atoms with Crippen LogP contribution >= 0.6 is 0 Å². The third-order valence-electron chi connectivity index (χ3n) is 3.62. The van der Waals surface area contributed by atoms with Crippen molar-refractivity contribution in [3.63, 3.8) is 0 Å². The lowest BCUT2D eigenvalue weighted by molar-refractivity contribution is -0.00466. The fourth-order valence-electron chi connectivity index (χ4n) is 2.49. The van der Waals surface area contributed by atoms with Crippen LogP contribution in [0.25, 0.3) is 0 Å². The van der Waals surface area contributed by atoms with Crippen molar-refractivity contribution in [3.8, 4) is 0 Å². The van der Waals surface area contributed by atoms with Gasteiger partial charge in [0.1, 0.15) is 0 Å². The largest absolute Gasteiger partial charge is 0.384 e. The molecule has 1 atom stereocenters. The summed E-state index contributed by atoms with van der Waals surface area (Å²) in [5, 5.41) is 3.30. The summed E-state index contributed by atoms with van der Waals surface area (Å²) in [6.07, 6.45) is 6.09. The van der Waals surface area contributed by atoms with Crippen LogP contribution < -0.4 is 10.2 Å². The van der Waals surface area contributed by atoms with Crippen LogP contribution in [-0.4, -0.2) is 37.3 Å². The van der Waals surface area contributed by atoms with Gasteiger partial charge in [0.25, 0.3) is 0 Å². The molecule has 1 saturated heterocycles. The molecule has 1 aromatic rings. The summed E-state index contributed by atoms with van der Waals surface area (Å²) in [5.41, 5.74) is 2.23. The van der Waals surface area contributed by atoms with E-state index in [-0.39, 0.29) is 5.60 Å². The molecule has 0 saturated carbocycles. The molecule has 0 aliphatic carbocycles. The number of anilines is 2. The number of aromatic nitrogens is 1. The van der Waals surface area contributed by atoms with Gasteiger partial charge in [-0.2, -0.15) is 0 Å². The minimum Gasteiger partial charge on any atom is -0.384 e. The Morgan fingerprint density at radius 1 is 1.50 bits per heavy atom. The van der Waals surface area contributed by atoms with Crippen LogP contribution in [0.1, 0.15) is 26.7 Å². The molecule has 1 unspecified atom stereocenters. The lowest BCUT2D eigenvalue weighted by Crippen LogP contribution is -2.47. The zero-order valence-corrected chi connectivity index (χ0v) is 11.6. The third kappa shape index (κ3) is 2.93. The van der Waals surface area contributed by atoms with Crippen molar-refractivity contribution in [1.82, 2.24) is 4.98 Å². The molecule has 1 aromatic heterocycles. The van der Waals surface area contributed by atoms with E-state index in [4.69, 9.17) is 4.74 Å². The van der Waals surface area contributed by atoms with E-state index in [9.17, 15) is 0 Å². The van der Waals surface area contributed by atoms with Crippen LogP contribution in [0.3, 0.4) is 0 Å². The molecule has 1 aliphatic rings. The number of pyridine rings is 1. The minimum atomic E-state index is -0.0353. The van der Waals surface area contributed by atoms with Crippen LogP contribution in [0.2, 0.25) is 0 Å². The van der Waals surface area contributed by atoms with Crippen LogP contribution in [0, 0.1) is 0 Å². The summed E-state index contributed by atoms with van der Waals surface area (Å²) >= 11 is 0. The molecule has 4 heteroatoms. The quantitative estimate of drug-likeness (QED) is 0.889. The number of methoxy groups -OCH3 is 1. The SMILES string of the molecule is CCNc1cncc(N2CCCC(C)(OC)C2)c1. The second-order valence-electron chi connectivity index (χ2n) is 5.14. The van der Waals surface area contributed by atoms with E-state index >= 15 is 0 Å². The van der Waals surface area contributed by atoms with Crippen LogP contribution in [0.5, 0.6) is 0 Å². The van der Waals surface area contributed by atoms with E-state index in [1.807, 2.05) is 12.4 Å². The Hall–Kier alpha value is -1.29. The van der Waals surface area contributed by atoms with Crippen molar-refractivity contribution in [3.05, 3.63) is 18.5 Å². The Morgan fingerprint density at radius 3 is 3.06 bits per heavy atom. The van der Waals surface area contributed by atoms with Gasteiger partial charge in [-0.15, -0.1) is 0 Å². The predicted octanol–water partition coefficient (Wildman–Crippen LogP) is 2.52. The standard InChI is InChI=1S/C14H23N3O/c1-4-16-12-8-13(10-15-9-12)17-7-5-6-14(2,11-17)18-3/h8-10,16H,4-7,11H2,1-3H3. The van der Waals surface area contributed by atoms with Gasteiger partial charge in [-0.1, -0.05) is 0 Å². The van der Waals surface area contributed by atoms with Crippen molar-refractivity contribution >= 4 is 11.4 Å². The van der Waals surface area contributed by atoms with E-state index in [0.717, 1.165) is 38.2 Å². The highest BCUT2D eigenvalue weighted by atomic mass is 16.5. The van der Waals surface area contributed by atoms with Crippen molar-refractivity contribution in [2.75, 3.05) is 37.0 Å². The highest BCUT2D eigenvalue weighted by Gasteiger charge is 2.30. The smallest absolute Gasteiger partial charge is 0.0825 e. The second-order valence-corrected chi connectivity index (χ2v) is 5.14. The lowest BCUT2D eigenvalue weighted by Gasteiger charge is -2.40. The maximum Gasteiger partial charge on any atom is 0.0825 e. The number of ether oxygens (including phenoxy) is 1.